The van der Waals surface area contributed by atoms with Crippen molar-refractivity contribution in [3.8, 4) is 0 Å². The predicted molar refractivity (Wildman–Crippen MR) is 123 cm³/mol. The molecule has 2 unspecified atom stereocenters. The number of halogens is 1. The van der Waals surface area contributed by atoms with Gasteiger partial charge in [0.05, 0.1) is 25.0 Å². The summed E-state index contributed by atoms with van der Waals surface area (Å²) in [4.78, 5) is 16.3. The van der Waals surface area contributed by atoms with Crippen LogP contribution >= 0.6 is 24.2 Å². The lowest BCUT2D eigenvalue weighted by Gasteiger charge is -2.38. The number of nitrogens with one attached hydrogen (secondary N) is 1. The normalized spacial score (nSPS) is 16.5. The van der Waals surface area contributed by atoms with Crippen molar-refractivity contribution in [3.63, 3.8) is 0 Å². The fourth-order valence-corrected chi connectivity index (χ4v) is 4.64. The summed E-state index contributed by atoms with van der Waals surface area (Å²) < 4.78 is 5.52. The van der Waals surface area contributed by atoms with E-state index < -0.39 is 0 Å². The molecular weight excluding hydrogens is 404 g/mol. The number of hydrogen-bond donors (Lipinski definition) is 1. The number of amides is 1. The highest BCUT2D eigenvalue weighted by Gasteiger charge is 2.28. The van der Waals surface area contributed by atoms with E-state index in [4.69, 9.17) is 4.74 Å². The number of carbonyl (C=O) groups excluding carboxylic acids is 1. The quantitative estimate of drug-likeness (QED) is 0.656. The van der Waals surface area contributed by atoms with Crippen LogP contribution in [-0.4, -0.2) is 48.9 Å². The first-order valence-electron chi connectivity index (χ1n) is 9.91. The maximum atomic E-state index is 12.7. The van der Waals surface area contributed by atoms with Crippen molar-refractivity contribution < 1.29 is 9.53 Å². The van der Waals surface area contributed by atoms with E-state index >= 15 is 0 Å². The van der Waals surface area contributed by atoms with E-state index in [0.29, 0.717) is 5.75 Å². The van der Waals surface area contributed by atoms with Crippen molar-refractivity contribution in [3.05, 3.63) is 65.2 Å². The van der Waals surface area contributed by atoms with Crippen LogP contribution in [-0.2, 0) is 9.53 Å². The van der Waals surface area contributed by atoms with E-state index in [-0.39, 0.29) is 30.4 Å². The van der Waals surface area contributed by atoms with Crippen LogP contribution in [0.5, 0.6) is 0 Å². The van der Waals surface area contributed by atoms with Gasteiger partial charge in [0.2, 0.25) is 5.91 Å². The molecule has 29 heavy (non-hydrogen) atoms. The topological polar surface area (TPSA) is 41.6 Å². The average molecular weight is 435 g/mol. The summed E-state index contributed by atoms with van der Waals surface area (Å²) in [5.74, 6) is 0.506. The molecule has 4 nitrogen and oxygen atoms in total. The lowest BCUT2D eigenvalue weighted by atomic mass is 9.98. The molecule has 0 bridgehead atoms. The summed E-state index contributed by atoms with van der Waals surface area (Å²) in [7, 11) is 0. The van der Waals surface area contributed by atoms with E-state index in [1.165, 1.54) is 21.6 Å². The SMILES string of the molecule is Cc1ccc(C)c(SCC(=O)NC(C)C(c2ccccc2)N2CCOCC2)c1.Cl. The van der Waals surface area contributed by atoms with Crippen molar-refractivity contribution in [2.24, 2.45) is 0 Å². The van der Waals surface area contributed by atoms with Crippen LogP contribution in [0.4, 0.5) is 0 Å². The van der Waals surface area contributed by atoms with Crippen LogP contribution < -0.4 is 5.32 Å². The van der Waals surface area contributed by atoms with Crippen LogP contribution in [0.15, 0.2) is 53.4 Å². The number of benzene rings is 2. The largest absolute Gasteiger partial charge is 0.379 e. The molecule has 0 aromatic heterocycles. The monoisotopic (exact) mass is 434 g/mol. The Kier molecular flexibility index (Phi) is 9.50. The summed E-state index contributed by atoms with van der Waals surface area (Å²) in [6.07, 6.45) is 0. The summed E-state index contributed by atoms with van der Waals surface area (Å²) in [6.45, 7) is 9.53. The zero-order valence-electron chi connectivity index (χ0n) is 17.4. The Labute approximate surface area is 184 Å². The number of rotatable bonds is 7. The van der Waals surface area contributed by atoms with E-state index in [1.54, 1.807) is 11.8 Å². The average Bonchev–Trinajstić information content (AvgIpc) is 2.70. The molecule has 1 aliphatic rings. The number of carbonyl (C=O) groups is 1. The lowest BCUT2D eigenvalue weighted by Crippen LogP contribution is -2.48. The van der Waals surface area contributed by atoms with Gasteiger partial charge >= 0.3 is 0 Å². The van der Waals surface area contributed by atoms with E-state index in [1.807, 2.05) is 6.07 Å². The molecule has 6 heteroatoms. The Morgan fingerprint density at radius 3 is 2.52 bits per heavy atom. The summed E-state index contributed by atoms with van der Waals surface area (Å²) in [5, 5.41) is 3.24. The molecule has 1 N–H and O–H groups in total. The smallest absolute Gasteiger partial charge is 0.230 e. The first-order chi connectivity index (χ1) is 13.5. The van der Waals surface area contributed by atoms with Gasteiger partial charge in [0.15, 0.2) is 0 Å². The fourth-order valence-electron chi connectivity index (χ4n) is 3.70. The van der Waals surface area contributed by atoms with Gasteiger partial charge in [-0.15, -0.1) is 24.2 Å². The van der Waals surface area contributed by atoms with Crippen molar-refractivity contribution in [2.75, 3.05) is 32.1 Å². The van der Waals surface area contributed by atoms with Crippen molar-refractivity contribution in [1.29, 1.82) is 0 Å². The second kappa shape index (κ2) is 11.6. The Morgan fingerprint density at radius 2 is 1.83 bits per heavy atom. The van der Waals surface area contributed by atoms with Gasteiger partial charge in [0.25, 0.3) is 0 Å². The molecule has 2 aromatic rings. The second-order valence-corrected chi connectivity index (χ2v) is 8.43. The summed E-state index contributed by atoms with van der Waals surface area (Å²) in [6, 6.07) is 17.0. The van der Waals surface area contributed by atoms with Gasteiger partial charge < -0.3 is 10.1 Å². The van der Waals surface area contributed by atoms with Gasteiger partial charge in [-0.2, -0.15) is 0 Å². The van der Waals surface area contributed by atoms with Gasteiger partial charge in [-0.25, -0.2) is 0 Å². The molecule has 1 fully saturated rings. The Balaban J connectivity index is 0.00000300. The van der Waals surface area contributed by atoms with Crippen molar-refractivity contribution >= 4 is 30.1 Å². The van der Waals surface area contributed by atoms with Crippen LogP contribution in [0.25, 0.3) is 0 Å². The summed E-state index contributed by atoms with van der Waals surface area (Å²) in [5.41, 5.74) is 3.67. The number of nitrogens with zero attached hydrogens (tertiary/aromatic N) is 1. The van der Waals surface area contributed by atoms with Gasteiger partial charge in [0, 0.05) is 24.0 Å². The maximum absolute atomic E-state index is 12.7. The molecule has 0 aliphatic carbocycles. The fraction of sp³-hybridized carbons (Fsp3) is 0.435. The number of hydrogen-bond acceptors (Lipinski definition) is 4. The first kappa shape index (κ1) is 23.7. The standard InChI is InChI=1S/C23H30N2O2S.ClH/c1-17-9-10-18(2)21(15-17)28-16-22(26)24-19(3)23(20-7-5-4-6-8-20)25-11-13-27-14-12-25;/h4-10,15,19,23H,11-14,16H2,1-3H3,(H,24,26);1H. The third kappa shape index (κ3) is 6.75. The highest BCUT2D eigenvalue weighted by Crippen LogP contribution is 2.26. The molecule has 1 heterocycles. The van der Waals surface area contributed by atoms with Gasteiger partial charge in [-0.05, 0) is 38.0 Å². The number of thioether (sulfide) groups is 1. The van der Waals surface area contributed by atoms with Crippen LogP contribution in [0.3, 0.4) is 0 Å². The minimum Gasteiger partial charge on any atom is -0.379 e. The van der Waals surface area contributed by atoms with Crippen LogP contribution in [0.2, 0.25) is 0 Å². The van der Waals surface area contributed by atoms with Crippen molar-refractivity contribution in [1.82, 2.24) is 10.2 Å². The first-order valence-corrected chi connectivity index (χ1v) is 10.9. The molecule has 158 valence electrons. The molecular formula is C23H31ClN2O2S. The maximum Gasteiger partial charge on any atom is 0.230 e. The molecule has 1 aliphatic heterocycles. The summed E-state index contributed by atoms with van der Waals surface area (Å²) >= 11 is 1.61. The zero-order chi connectivity index (χ0) is 19.9. The van der Waals surface area contributed by atoms with Crippen molar-refractivity contribution in [2.45, 2.75) is 37.8 Å². The van der Waals surface area contributed by atoms with Gasteiger partial charge in [-0.1, -0.05) is 48.0 Å². The Morgan fingerprint density at radius 1 is 1.14 bits per heavy atom. The Bertz CT molecular complexity index is 782. The zero-order valence-corrected chi connectivity index (χ0v) is 19.0. The lowest BCUT2D eigenvalue weighted by molar-refractivity contribution is -0.119. The molecule has 1 saturated heterocycles. The van der Waals surface area contributed by atoms with E-state index in [9.17, 15) is 4.79 Å². The highest BCUT2D eigenvalue weighted by atomic mass is 35.5. The number of aryl methyl sites for hydroxylation is 2. The molecule has 0 saturated carbocycles. The van der Waals surface area contributed by atoms with Gasteiger partial charge in [0.1, 0.15) is 0 Å². The van der Waals surface area contributed by atoms with E-state index in [0.717, 1.165) is 26.3 Å². The van der Waals surface area contributed by atoms with Crippen LogP contribution in [0, 0.1) is 13.8 Å². The minimum atomic E-state index is 0. The molecule has 1 amide bonds. The van der Waals surface area contributed by atoms with Gasteiger partial charge in [-0.3, -0.25) is 9.69 Å². The molecule has 0 radical (unpaired) electrons. The van der Waals surface area contributed by atoms with Crippen LogP contribution in [0.1, 0.15) is 29.7 Å². The Hall–Kier alpha value is -1.53. The third-order valence-corrected chi connectivity index (χ3v) is 6.30. The highest BCUT2D eigenvalue weighted by molar-refractivity contribution is 8.00. The molecule has 3 rings (SSSR count). The van der Waals surface area contributed by atoms with E-state index in [2.05, 4.69) is 73.5 Å². The number of ether oxygens (including phenoxy) is 1. The second-order valence-electron chi connectivity index (χ2n) is 7.42. The molecule has 0 spiro atoms. The third-order valence-electron chi connectivity index (χ3n) is 5.14. The minimum absolute atomic E-state index is 0. The molecule has 2 aromatic carbocycles. The number of morpholine rings is 1. The molecule has 2 atom stereocenters. The predicted octanol–water partition coefficient (Wildman–Crippen LogP) is 4.40.